The standard InChI is InChI=1S/C13H21NO2/c1-9(15)12(14)10-5-7-11(8-6-10)16-13(2,3)4/h5-9,12,15H,14H2,1-4H3/t9-,12-/m1/s1. The number of hydrogen-bond acceptors (Lipinski definition) is 3. The first-order valence-corrected chi connectivity index (χ1v) is 5.52. The zero-order valence-electron chi connectivity index (χ0n) is 10.4. The Bertz CT molecular complexity index is 325. The summed E-state index contributed by atoms with van der Waals surface area (Å²) < 4.78 is 5.69. The Kier molecular flexibility index (Phi) is 3.94. The molecule has 0 bridgehead atoms. The number of rotatable bonds is 3. The topological polar surface area (TPSA) is 55.5 Å². The number of aliphatic hydroxyl groups excluding tert-OH is 1. The van der Waals surface area contributed by atoms with Crippen molar-refractivity contribution < 1.29 is 9.84 Å². The third-order valence-corrected chi connectivity index (χ3v) is 2.21. The van der Waals surface area contributed by atoms with Gasteiger partial charge in [-0.25, -0.2) is 0 Å². The fourth-order valence-corrected chi connectivity index (χ4v) is 1.39. The van der Waals surface area contributed by atoms with Crippen LogP contribution >= 0.6 is 0 Å². The van der Waals surface area contributed by atoms with Crippen LogP contribution < -0.4 is 10.5 Å². The van der Waals surface area contributed by atoms with Crippen molar-refractivity contribution in [3.8, 4) is 5.75 Å². The summed E-state index contributed by atoms with van der Waals surface area (Å²) in [5, 5.41) is 9.37. The molecule has 0 saturated heterocycles. The minimum Gasteiger partial charge on any atom is -0.488 e. The molecule has 1 aromatic carbocycles. The maximum atomic E-state index is 9.37. The van der Waals surface area contributed by atoms with Gasteiger partial charge in [-0.1, -0.05) is 12.1 Å². The van der Waals surface area contributed by atoms with E-state index in [1.54, 1.807) is 6.92 Å². The number of hydrogen-bond donors (Lipinski definition) is 2. The van der Waals surface area contributed by atoms with E-state index in [2.05, 4.69) is 0 Å². The molecule has 0 unspecified atom stereocenters. The smallest absolute Gasteiger partial charge is 0.120 e. The highest BCUT2D eigenvalue weighted by atomic mass is 16.5. The van der Waals surface area contributed by atoms with Crippen molar-refractivity contribution in [3.63, 3.8) is 0 Å². The fourth-order valence-electron chi connectivity index (χ4n) is 1.39. The zero-order chi connectivity index (χ0) is 12.3. The number of ether oxygens (including phenoxy) is 1. The van der Waals surface area contributed by atoms with Crippen LogP contribution in [0.25, 0.3) is 0 Å². The maximum absolute atomic E-state index is 9.37. The molecule has 0 spiro atoms. The summed E-state index contributed by atoms with van der Waals surface area (Å²) >= 11 is 0. The Morgan fingerprint density at radius 3 is 2.06 bits per heavy atom. The SMILES string of the molecule is C[C@@H](O)[C@@H](N)c1ccc(OC(C)(C)C)cc1. The van der Waals surface area contributed by atoms with Crippen molar-refractivity contribution in [3.05, 3.63) is 29.8 Å². The van der Waals surface area contributed by atoms with Crippen LogP contribution in [-0.4, -0.2) is 16.8 Å². The Morgan fingerprint density at radius 2 is 1.69 bits per heavy atom. The average molecular weight is 223 g/mol. The lowest BCUT2D eigenvalue weighted by Crippen LogP contribution is -2.24. The number of aliphatic hydroxyl groups is 1. The van der Waals surface area contributed by atoms with E-state index in [-0.39, 0.29) is 11.6 Å². The summed E-state index contributed by atoms with van der Waals surface area (Å²) in [6.07, 6.45) is -0.547. The van der Waals surface area contributed by atoms with E-state index in [1.165, 1.54) is 0 Å². The van der Waals surface area contributed by atoms with Crippen molar-refractivity contribution in [1.29, 1.82) is 0 Å². The minimum atomic E-state index is -0.547. The lowest BCUT2D eigenvalue weighted by Gasteiger charge is -2.22. The molecule has 0 aromatic heterocycles. The second-order valence-corrected chi connectivity index (χ2v) is 5.05. The predicted molar refractivity (Wildman–Crippen MR) is 65.4 cm³/mol. The van der Waals surface area contributed by atoms with Gasteiger partial charge in [0.1, 0.15) is 11.4 Å². The van der Waals surface area contributed by atoms with E-state index in [9.17, 15) is 5.11 Å². The fraction of sp³-hybridized carbons (Fsp3) is 0.538. The lowest BCUT2D eigenvalue weighted by molar-refractivity contribution is 0.130. The van der Waals surface area contributed by atoms with Gasteiger partial charge in [-0.05, 0) is 45.4 Å². The van der Waals surface area contributed by atoms with E-state index in [0.29, 0.717) is 0 Å². The average Bonchev–Trinajstić information content (AvgIpc) is 2.15. The molecule has 0 radical (unpaired) electrons. The Morgan fingerprint density at radius 1 is 1.19 bits per heavy atom. The van der Waals surface area contributed by atoms with Gasteiger partial charge in [0, 0.05) is 0 Å². The van der Waals surface area contributed by atoms with Crippen molar-refractivity contribution in [2.45, 2.75) is 45.4 Å². The molecule has 2 atom stereocenters. The van der Waals surface area contributed by atoms with Crippen LogP contribution in [0.5, 0.6) is 5.75 Å². The molecule has 3 nitrogen and oxygen atoms in total. The molecule has 0 aliphatic carbocycles. The highest BCUT2D eigenvalue weighted by molar-refractivity contribution is 5.29. The number of nitrogens with two attached hydrogens (primary N) is 1. The van der Waals surface area contributed by atoms with Gasteiger partial charge in [0.2, 0.25) is 0 Å². The van der Waals surface area contributed by atoms with Crippen LogP contribution in [0.2, 0.25) is 0 Å². The van der Waals surface area contributed by atoms with Gasteiger partial charge in [0.05, 0.1) is 12.1 Å². The Labute approximate surface area is 97.2 Å². The Balaban J connectivity index is 2.76. The molecule has 0 amide bonds. The van der Waals surface area contributed by atoms with Crippen LogP contribution in [-0.2, 0) is 0 Å². The Hall–Kier alpha value is -1.06. The zero-order valence-corrected chi connectivity index (χ0v) is 10.4. The predicted octanol–water partition coefficient (Wildman–Crippen LogP) is 2.24. The van der Waals surface area contributed by atoms with Gasteiger partial charge in [-0.3, -0.25) is 0 Å². The van der Waals surface area contributed by atoms with Crippen LogP contribution in [0, 0.1) is 0 Å². The van der Waals surface area contributed by atoms with Gasteiger partial charge in [-0.2, -0.15) is 0 Å². The van der Waals surface area contributed by atoms with Gasteiger partial charge < -0.3 is 15.6 Å². The minimum absolute atomic E-state index is 0.200. The maximum Gasteiger partial charge on any atom is 0.120 e. The van der Waals surface area contributed by atoms with E-state index in [0.717, 1.165) is 11.3 Å². The van der Waals surface area contributed by atoms with Gasteiger partial charge in [-0.15, -0.1) is 0 Å². The van der Waals surface area contributed by atoms with Crippen LogP contribution in [0.1, 0.15) is 39.3 Å². The molecular formula is C13H21NO2. The van der Waals surface area contributed by atoms with Crippen molar-refractivity contribution >= 4 is 0 Å². The quantitative estimate of drug-likeness (QED) is 0.826. The summed E-state index contributed by atoms with van der Waals surface area (Å²) in [4.78, 5) is 0. The van der Waals surface area contributed by atoms with Gasteiger partial charge >= 0.3 is 0 Å². The summed E-state index contributed by atoms with van der Waals surface area (Å²) in [5.41, 5.74) is 6.54. The molecule has 16 heavy (non-hydrogen) atoms. The largest absolute Gasteiger partial charge is 0.488 e. The van der Waals surface area contributed by atoms with E-state index < -0.39 is 6.10 Å². The van der Waals surface area contributed by atoms with Crippen molar-refractivity contribution in [1.82, 2.24) is 0 Å². The molecule has 0 heterocycles. The summed E-state index contributed by atoms with van der Waals surface area (Å²) in [7, 11) is 0. The second-order valence-electron chi connectivity index (χ2n) is 5.05. The first kappa shape index (κ1) is 13.0. The molecule has 1 rings (SSSR count). The van der Waals surface area contributed by atoms with Crippen LogP contribution in [0.3, 0.4) is 0 Å². The third-order valence-electron chi connectivity index (χ3n) is 2.21. The van der Waals surface area contributed by atoms with E-state index >= 15 is 0 Å². The third kappa shape index (κ3) is 3.83. The first-order valence-electron chi connectivity index (χ1n) is 5.52. The summed E-state index contributed by atoms with van der Waals surface area (Å²) in [6.45, 7) is 7.69. The molecule has 1 aromatic rings. The lowest BCUT2D eigenvalue weighted by atomic mass is 10.0. The highest BCUT2D eigenvalue weighted by Crippen LogP contribution is 2.21. The summed E-state index contributed by atoms with van der Waals surface area (Å²) in [5.74, 6) is 0.814. The molecule has 0 aliphatic rings. The van der Waals surface area contributed by atoms with Crippen molar-refractivity contribution in [2.24, 2.45) is 5.73 Å². The van der Waals surface area contributed by atoms with E-state index in [1.807, 2.05) is 45.0 Å². The molecule has 3 heteroatoms. The first-order chi connectivity index (χ1) is 7.29. The number of benzene rings is 1. The van der Waals surface area contributed by atoms with Crippen LogP contribution in [0.4, 0.5) is 0 Å². The molecular weight excluding hydrogens is 202 g/mol. The van der Waals surface area contributed by atoms with Gasteiger partial charge in [0.25, 0.3) is 0 Å². The summed E-state index contributed by atoms with van der Waals surface area (Å²) in [6, 6.07) is 7.19. The second kappa shape index (κ2) is 4.85. The van der Waals surface area contributed by atoms with Crippen molar-refractivity contribution in [2.75, 3.05) is 0 Å². The molecule has 3 N–H and O–H groups in total. The molecule has 0 fully saturated rings. The van der Waals surface area contributed by atoms with E-state index in [4.69, 9.17) is 10.5 Å². The monoisotopic (exact) mass is 223 g/mol. The van der Waals surface area contributed by atoms with Crippen LogP contribution in [0.15, 0.2) is 24.3 Å². The molecule has 0 aliphatic heterocycles. The highest BCUT2D eigenvalue weighted by Gasteiger charge is 2.14. The molecule has 90 valence electrons. The normalized spacial score (nSPS) is 15.6. The van der Waals surface area contributed by atoms with Gasteiger partial charge in [0.15, 0.2) is 0 Å². The molecule has 0 saturated carbocycles.